The molecule has 3 heterocycles. The van der Waals surface area contributed by atoms with Gasteiger partial charge in [-0.15, -0.1) is 5.10 Å². The van der Waals surface area contributed by atoms with Crippen LogP contribution in [0.2, 0.25) is 0 Å². The molecule has 3 atom stereocenters. The average Bonchev–Trinajstić information content (AvgIpc) is 3.64. The molecule has 0 aliphatic carbocycles. The number of hydrogen-bond donors (Lipinski definition) is 2. The van der Waals surface area contributed by atoms with Gasteiger partial charge in [-0.1, -0.05) is 50.6 Å². The van der Waals surface area contributed by atoms with E-state index in [9.17, 15) is 19.0 Å². The van der Waals surface area contributed by atoms with Crippen molar-refractivity contribution in [3.05, 3.63) is 120 Å². The topological polar surface area (TPSA) is 103 Å². The van der Waals surface area contributed by atoms with Crippen molar-refractivity contribution in [2.45, 2.75) is 44.4 Å². The van der Waals surface area contributed by atoms with Crippen molar-refractivity contribution < 1.29 is 27.8 Å². The van der Waals surface area contributed by atoms with E-state index in [1.165, 1.54) is 12.3 Å². The van der Waals surface area contributed by atoms with Gasteiger partial charge in [-0.05, 0) is 69.9 Å². The lowest BCUT2D eigenvalue weighted by Gasteiger charge is -2.37. The van der Waals surface area contributed by atoms with Crippen LogP contribution in [0, 0.1) is 17.6 Å². The molecule has 0 radical (unpaired) electrons. The zero-order chi connectivity index (χ0) is 34.8. The normalized spacial score (nSPS) is 16.3. The smallest absolute Gasteiger partial charge is 0.323 e. The van der Waals surface area contributed by atoms with Crippen LogP contribution in [0.4, 0.5) is 28.9 Å². The third-order valence-electron chi connectivity index (χ3n) is 9.39. The molecule has 0 bridgehead atoms. The molecule has 5 aromatic rings. The number of rotatable bonds is 11. The standard InChI is InChI=1S/C36H37F4N7O2/c1-3-24(2)34(48)26-6-12-30(13-7-26)46-18-16-45(17-19-46)29-10-4-25(5-11-29)27-8-15-33(41-21-27)36(39,40)35(49,22-47-23-42-43-44-47)31-14-9-28(37)20-32(31)38/h4-15,20-21,23-24,34,48-49H,3,16-19,22H2,1-2H3. The highest BCUT2D eigenvalue weighted by Crippen LogP contribution is 2.47. The molecule has 3 aromatic carbocycles. The van der Waals surface area contributed by atoms with Gasteiger partial charge in [0.2, 0.25) is 0 Å². The van der Waals surface area contributed by atoms with Crippen LogP contribution in [-0.2, 0) is 18.1 Å². The molecule has 13 heteroatoms. The molecule has 1 aliphatic heterocycles. The molecule has 49 heavy (non-hydrogen) atoms. The first-order valence-electron chi connectivity index (χ1n) is 16.1. The highest BCUT2D eigenvalue weighted by atomic mass is 19.3. The van der Waals surface area contributed by atoms with Gasteiger partial charge in [-0.2, -0.15) is 8.78 Å². The molecule has 0 spiro atoms. The molecule has 0 saturated carbocycles. The lowest BCUT2D eigenvalue weighted by atomic mass is 9.84. The maximum Gasteiger partial charge on any atom is 0.323 e. The predicted molar refractivity (Wildman–Crippen MR) is 177 cm³/mol. The Morgan fingerprint density at radius 3 is 1.98 bits per heavy atom. The van der Waals surface area contributed by atoms with Crippen molar-refractivity contribution >= 4 is 11.4 Å². The summed E-state index contributed by atoms with van der Waals surface area (Å²) in [6.45, 7) is 6.47. The molecule has 3 unspecified atom stereocenters. The van der Waals surface area contributed by atoms with E-state index in [2.05, 4.69) is 49.4 Å². The highest BCUT2D eigenvalue weighted by molar-refractivity contribution is 5.66. The first-order valence-corrected chi connectivity index (χ1v) is 16.1. The number of pyridine rings is 1. The molecular weight excluding hydrogens is 638 g/mol. The summed E-state index contributed by atoms with van der Waals surface area (Å²) < 4.78 is 61.5. The largest absolute Gasteiger partial charge is 0.388 e. The van der Waals surface area contributed by atoms with Gasteiger partial charge in [0.15, 0.2) is 5.60 Å². The number of anilines is 2. The third-order valence-corrected chi connectivity index (χ3v) is 9.39. The number of piperazine rings is 1. The van der Waals surface area contributed by atoms with Crippen LogP contribution in [0.5, 0.6) is 0 Å². The van der Waals surface area contributed by atoms with E-state index < -0.39 is 47.1 Å². The quantitative estimate of drug-likeness (QED) is 0.162. The van der Waals surface area contributed by atoms with Crippen LogP contribution >= 0.6 is 0 Å². The SMILES string of the molecule is CCC(C)C(O)c1ccc(N2CCN(c3ccc(-c4ccc(C(F)(F)C(O)(Cn5cnnn5)c5ccc(F)cc5F)nc4)cc3)CC2)cc1. The summed E-state index contributed by atoms with van der Waals surface area (Å²) in [5.41, 5.74) is -0.461. The lowest BCUT2D eigenvalue weighted by molar-refractivity contribution is -0.207. The predicted octanol–water partition coefficient (Wildman–Crippen LogP) is 6.10. The van der Waals surface area contributed by atoms with E-state index in [1.807, 2.05) is 43.3 Å². The Hall–Kier alpha value is -4.88. The van der Waals surface area contributed by atoms with Crippen molar-refractivity contribution in [2.75, 3.05) is 36.0 Å². The summed E-state index contributed by atoms with van der Waals surface area (Å²) in [7, 11) is 0. The fourth-order valence-electron chi connectivity index (χ4n) is 6.15. The van der Waals surface area contributed by atoms with Crippen molar-refractivity contribution in [1.82, 2.24) is 25.2 Å². The summed E-state index contributed by atoms with van der Waals surface area (Å²) in [4.78, 5) is 8.58. The maximum absolute atomic E-state index is 16.1. The van der Waals surface area contributed by atoms with Gasteiger partial charge in [0.05, 0.1) is 12.6 Å². The number of aliphatic hydroxyl groups excluding tert-OH is 1. The fourth-order valence-corrected chi connectivity index (χ4v) is 6.15. The number of alkyl halides is 2. The minimum absolute atomic E-state index is 0.198. The van der Waals surface area contributed by atoms with E-state index in [1.54, 1.807) is 0 Å². The molecule has 1 saturated heterocycles. The van der Waals surface area contributed by atoms with Crippen LogP contribution in [0.15, 0.2) is 91.4 Å². The van der Waals surface area contributed by atoms with Gasteiger partial charge >= 0.3 is 5.92 Å². The monoisotopic (exact) mass is 675 g/mol. The number of hydrogen-bond acceptors (Lipinski definition) is 8. The molecule has 9 nitrogen and oxygen atoms in total. The van der Waals surface area contributed by atoms with Gasteiger partial charge in [-0.3, -0.25) is 4.98 Å². The Balaban J connectivity index is 1.13. The summed E-state index contributed by atoms with van der Waals surface area (Å²) in [5.74, 6) is -6.27. The summed E-state index contributed by atoms with van der Waals surface area (Å²) >= 11 is 0. The minimum Gasteiger partial charge on any atom is -0.388 e. The van der Waals surface area contributed by atoms with Gasteiger partial charge < -0.3 is 20.0 Å². The van der Waals surface area contributed by atoms with Crippen molar-refractivity contribution in [3.63, 3.8) is 0 Å². The molecule has 2 N–H and O–H groups in total. The molecule has 256 valence electrons. The summed E-state index contributed by atoms with van der Waals surface area (Å²) in [6.07, 6.45) is 2.71. The second-order valence-corrected chi connectivity index (χ2v) is 12.4. The Labute approximate surface area is 281 Å². The molecule has 1 fully saturated rings. The first kappa shape index (κ1) is 34.0. The number of tetrazole rings is 1. The summed E-state index contributed by atoms with van der Waals surface area (Å²) in [6, 6.07) is 20.4. The number of aromatic nitrogens is 5. The third kappa shape index (κ3) is 6.86. The van der Waals surface area contributed by atoms with Crippen LogP contribution in [0.25, 0.3) is 11.1 Å². The Morgan fingerprint density at radius 1 is 0.837 bits per heavy atom. The van der Waals surface area contributed by atoms with Gasteiger partial charge in [0.1, 0.15) is 23.7 Å². The number of benzene rings is 3. The molecule has 0 amide bonds. The minimum atomic E-state index is -4.14. The van der Waals surface area contributed by atoms with Crippen molar-refractivity contribution in [3.8, 4) is 11.1 Å². The van der Waals surface area contributed by atoms with E-state index in [0.29, 0.717) is 11.6 Å². The summed E-state index contributed by atoms with van der Waals surface area (Å²) in [5, 5.41) is 32.3. The number of halogens is 4. The lowest BCUT2D eigenvalue weighted by Crippen LogP contribution is -2.48. The van der Waals surface area contributed by atoms with Gasteiger partial charge in [-0.25, -0.2) is 13.5 Å². The van der Waals surface area contributed by atoms with E-state index >= 15 is 8.78 Å². The second kappa shape index (κ2) is 13.9. The van der Waals surface area contributed by atoms with E-state index in [0.717, 1.165) is 84.3 Å². The Morgan fingerprint density at radius 2 is 1.45 bits per heavy atom. The zero-order valence-corrected chi connectivity index (χ0v) is 27.1. The Bertz CT molecular complexity index is 1830. The fraction of sp³-hybridized carbons (Fsp3) is 0.333. The number of aliphatic hydroxyl groups is 2. The van der Waals surface area contributed by atoms with Crippen LogP contribution < -0.4 is 9.80 Å². The molecule has 1 aliphatic rings. The van der Waals surface area contributed by atoms with Crippen LogP contribution in [-0.4, -0.2) is 61.6 Å². The Kier molecular flexibility index (Phi) is 9.66. The second-order valence-electron chi connectivity index (χ2n) is 12.4. The molecular formula is C36H37F4N7O2. The molecule has 6 rings (SSSR count). The van der Waals surface area contributed by atoms with Gasteiger partial charge in [0, 0.05) is 60.9 Å². The molecule has 2 aromatic heterocycles. The maximum atomic E-state index is 16.1. The van der Waals surface area contributed by atoms with E-state index in [-0.39, 0.29) is 5.92 Å². The van der Waals surface area contributed by atoms with Crippen molar-refractivity contribution in [2.24, 2.45) is 5.92 Å². The van der Waals surface area contributed by atoms with Crippen molar-refractivity contribution in [1.29, 1.82) is 0 Å². The zero-order valence-electron chi connectivity index (χ0n) is 27.1. The average molecular weight is 676 g/mol. The first-order chi connectivity index (χ1) is 23.5. The van der Waals surface area contributed by atoms with E-state index in [4.69, 9.17) is 0 Å². The highest BCUT2D eigenvalue weighted by Gasteiger charge is 2.58. The van der Waals surface area contributed by atoms with Crippen LogP contribution in [0.3, 0.4) is 0 Å². The number of nitrogens with zero attached hydrogens (tertiary/aromatic N) is 7. The van der Waals surface area contributed by atoms with Crippen LogP contribution in [0.1, 0.15) is 43.2 Å². The van der Waals surface area contributed by atoms with Gasteiger partial charge in [0.25, 0.3) is 0 Å².